The SMILES string of the molecule is CCC(CC)n1ccc(CN2CCC(Br)C(C)C2)n1. The molecule has 0 aliphatic carbocycles. The first kappa shape index (κ1) is 15.0. The van der Waals surface area contributed by atoms with Crippen molar-refractivity contribution in [2.24, 2.45) is 5.92 Å². The van der Waals surface area contributed by atoms with Gasteiger partial charge in [-0.25, -0.2) is 0 Å². The summed E-state index contributed by atoms with van der Waals surface area (Å²) in [5.74, 6) is 0.731. The third kappa shape index (κ3) is 3.82. The molecular weight excluding hydrogens is 302 g/mol. The van der Waals surface area contributed by atoms with Crippen LogP contribution in [0.1, 0.15) is 51.8 Å². The summed E-state index contributed by atoms with van der Waals surface area (Å²) in [7, 11) is 0. The minimum absolute atomic E-state index is 0.556. The summed E-state index contributed by atoms with van der Waals surface area (Å²) < 4.78 is 2.15. The Kier molecular flexibility index (Phi) is 5.46. The first-order valence-electron chi connectivity index (χ1n) is 7.54. The van der Waals surface area contributed by atoms with Crippen LogP contribution in [0.5, 0.6) is 0 Å². The molecule has 0 spiro atoms. The molecule has 0 bridgehead atoms. The van der Waals surface area contributed by atoms with Gasteiger partial charge in [0, 0.05) is 24.1 Å². The predicted octanol–water partition coefficient (Wildman–Crippen LogP) is 3.85. The number of nitrogens with zero attached hydrogens (tertiary/aromatic N) is 3. The number of rotatable bonds is 5. The van der Waals surface area contributed by atoms with E-state index in [-0.39, 0.29) is 0 Å². The zero-order valence-electron chi connectivity index (χ0n) is 12.3. The lowest BCUT2D eigenvalue weighted by atomic mass is 10.00. The molecule has 0 aromatic carbocycles. The van der Waals surface area contributed by atoms with Gasteiger partial charge in [0.05, 0.1) is 11.7 Å². The predicted molar refractivity (Wildman–Crippen MR) is 83.6 cm³/mol. The molecule has 0 amide bonds. The molecule has 1 aromatic heterocycles. The van der Waals surface area contributed by atoms with Crippen LogP contribution in [0.3, 0.4) is 0 Å². The number of hydrogen-bond acceptors (Lipinski definition) is 2. The van der Waals surface area contributed by atoms with Gasteiger partial charge in [-0.05, 0) is 37.8 Å². The number of aromatic nitrogens is 2. The lowest BCUT2D eigenvalue weighted by molar-refractivity contribution is 0.181. The van der Waals surface area contributed by atoms with Gasteiger partial charge in [-0.15, -0.1) is 0 Å². The van der Waals surface area contributed by atoms with Crippen molar-refractivity contribution in [3.05, 3.63) is 18.0 Å². The zero-order chi connectivity index (χ0) is 13.8. The molecular formula is C15H26BrN3. The molecule has 2 unspecified atom stereocenters. The van der Waals surface area contributed by atoms with Crippen LogP contribution in [-0.4, -0.2) is 32.6 Å². The Morgan fingerprint density at radius 2 is 2.16 bits per heavy atom. The molecule has 1 aliphatic rings. The van der Waals surface area contributed by atoms with E-state index in [9.17, 15) is 0 Å². The number of likely N-dealkylation sites (tertiary alicyclic amines) is 1. The highest BCUT2D eigenvalue weighted by molar-refractivity contribution is 9.09. The van der Waals surface area contributed by atoms with Crippen molar-refractivity contribution in [1.29, 1.82) is 0 Å². The Bertz CT molecular complexity index is 386. The van der Waals surface area contributed by atoms with E-state index >= 15 is 0 Å². The molecule has 0 radical (unpaired) electrons. The molecule has 2 atom stereocenters. The first-order chi connectivity index (χ1) is 9.13. The van der Waals surface area contributed by atoms with Crippen LogP contribution < -0.4 is 0 Å². The van der Waals surface area contributed by atoms with E-state index in [4.69, 9.17) is 5.10 Å². The summed E-state index contributed by atoms with van der Waals surface area (Å²) in [6.07, 6.45) is 5.70. The van der Waals surface area contributed by atoms with Crippen molar-refractivity contribution in [3.8, 4) is 0 Å². The van der Waals surface area contributed by atoms with Crippen molar-refractivity contribution in [2.45, 2.75) is 57.4 Å². The molecule has 2 heterocycles. The maximum atomic E-state index is 4.75. The smallest absolute Gasteiger partial charge is 0.0764 e. The monoisotopic (exact) mass is 327 g/mol. The highest BCUT2D eigenvalue weighted by Gasteiger charge is 2.24. The lowest BCUT2D eigenvalue weighted by Gasteiger charge is -2.33. The second-order valence-electron chi connectivity index (χ2n) is 5.77. The van der Waals surface area contributed by atoms with Gasteiger partial charge in [0.2, 0.25) is 0 Å². The van der Waals surface area contributed by atoms with E-state index in [2.05, 4.69) is 58.5 Å². The van der Waals surface area contributed by atoms with Gasteiger partial charge < -0.3 is 0 Å². The van der Waals surface area contributed by atoms with Crippen LogP contribution in [0.4, 0.5) is 0 Å². The maximum absolute atomic E-state index is 4.75. The fraction of sp³-hybridized carbons (Fsp3) is 0.800. The second-order valence-corrected chi connectivity index (χ2v) is 6.95. The number of hydrogen-bond donors (Lipinski definition) is 0. The van der Waals surface area contributed by atoms with Gasteiger partial charge in [0.15, 0.2) is 0 Å². The normalized spacial score (nSPS) is 25.1. The van der Waals surface area contributed by atoms with Gasteiger partial charge in [0.25, 0.3) is 0 Å². The summed E-state index contributed by atoms with van der Waals surface area (Å²) in [4.78, 5) is 3.22. The molecule has 0 N–H and O–H groups in total. The molecule has 1 saturated heterocycles. The Morgan fingerprint density at radius 3 is 2.79 bits per heavy atom. The topological polar surface area (TPSA) is 21.1 Å². The third-order valence-corrected chi connectivity index (χ3v) is 5.61. The summed E-state index contributed by atoms with van der Waals surface area (Å²) >= 11 is 3.76. The molecule has 2 rings (SSSR count). The molecule has 4 heteroatoms. The minimum Gasteiger partial charge on any atom is -0.297 e. The van der Waals surface area contributed by atoms with Crippen LogP contribution in [-0.2, 0) is 6.54 Å². The second kappa shape index (κ2) is 6.89. The Labute approximate surface area is 125 Å². The van der Waals surface area contributed by atoms with E-state index in [1.807, 2.05) is 0 Å². The summed E-state index contributed by atoms with van der Waals surface area (Å²) in [5, 5.41) is 4.75. The average molecular weight is 328 g/mol. The van der Waals surface area contributed by atoms with Gasteiger partial charge >= 0.3 is 0 Å². The highest BCUT2D eigenvalue weighted by Crippen LogP contribution is 2.24. The van der Waals surface area contributed by atoms with Gasteiger partial charge in [0.1, 0.15) is 0 Å². The van der Waals surface area contributed by atoms with E-state index in [0.29, 0.717) is 10.9 Å². The van der Waals surface area contributed by atoms with E-state index < -0.39 is 0 Å². The van der Waals surface area contributed by atoms with Crippen molar-refractivity contribution >= 4 is 15.9 Å². The van der Waals surface area contributed by atoms with Crippen LogP contribution in [0.25, 0.3) is 0 Å². The van der Waals surface area contributed by atoms with Crippen molar-refractivity contribution < 1.29 is 0 Å². The quantitative estimate of drug-likeness (QED) is 0.766. The molecule has 1 aliphatic heterocycles. The van der Waals surface area contributed by atoms with Crippen LogP contribution in [0.15, 0.2) is 12.3 Å². The number of alkyl halides is 1. The average Bonchev–Trinajstić information content (AvgIpc) is 2.84. The number of halogens is 1. The van der Waals surface area contributed by atoms with Gasteiger partial charge in [-0.1, -0.05) is 36.7 Å². The molecule has 1 aromatic rings. The van der Waals surface area contributed by atoms with Crippen molar-refractivity contribution in [2.75, 3.05) is 13.1 Å². The van der Waals surface area contributed by atoms with Crippen LogP contribution >= 0.6 is 15.9 Å². The Balaban J connectivity index is 1.93. The van der Waals surface area contributed by atoms with E-state index in [1.165, 1.54) is 25.2 Å². The summed E-state index contributed by atoms with van der Waals surface area (Å²) in [6.45, 7) is 10.1. The Morgan fingerprint density at radius 1 is 1.42 bits per heavy atom. The number of piperidine rings is 1. The van der Waals surface area contributed by atoms with Crippen LogP contribution in [0.2, 0.25) is 0 Å². The van der Waals surface area contributed by atoms with E-state index in [1.54, 1.807) is 0 Å². The molecule has 1 fully saturated rings. The largest absolute Gasteiger partial charge is 0.297 e. The lowest BCUT2D eigenvalue weighted by Crippen LogP contribution is -2.39. The van der Waals surface area contributed by atoms with E-state index in [0.717, 1.165) is 25.3 Å². The Hall–Kier alpha value is -0.350. The van der Waals surface area contributed by atoms with Gasteiger partial charge in [-0.2, -0.15) is 5.10 Å². The van der Waals surface area contributed by atoms with Crippen molar-refractivity contribution in [3.63, 3.8) is 0 Å². The zero-order valence-corrected chi connectivity index (χ0v) is 13.9. The molecule has 19 heavy (non-hydrogen) atoms. The third-order valence-electron chi connectivity index (χ3n) is 4.25. The maximum Gasteiger partial charge on any atom is 0.0764 e. The first-order valence-corrected chi connectivity index (χ1v) is 8.46. The molecule has 3 nitrogen and oxygen atoms in total. The molecule has 0 saturated carbocycles. The standard InChI is InChI=1S/C15H26BrN3/c1-4-14(5-2)19-9-6-13(17-19)11-18-8-7-15(16)12(3)10-18/h6,9,12,14-15H,4-5,7-8,10-11H2,1-3H3. The summed E-state index contributed by atoms with van der Waals surface area (Å²) in [6, 6.07) is 2.74. The minimum atomic E-state index is 0.556. The fourth-order valence-electron chi connectivity index (χ4n) is 2.90. The fourth-order valence-corrected chi connectivity index (χ4v) is 3.28. The van der Waals surface area contributed by atoms with Crippen LogP contribution in [0, 0.1) is 5.92 Å². The molecule has 108 valence electrons. The summed E-state index contributed by atoms with van der Waals surface area (Å²) in [5.41, 5.74) is 1.21. The highest BCUT2D eigenvalue weighted by atomic mass is 79.9. The van der Waals surface area contributed by atoms with Gasteiger partial charge in [-0.3, -0.25) is 9.58 Å². The van der Waals surface area contributed by atoms with Crippen molar-refractivity contribution in [1.82, 2.24) is 14.7 Å².